The summed E-state index contributed by atoms with van der Waals surface area (Å²) in [7, 11) is -1.11. The monoisotopic (exact) mass is 648 g/mol. The van der Waals surface area contributed by atoms with Crippen molar-refractivity contribution in [2.45, 2.75) is 4.90 Å². The molecule has 0 fully saturated rings. The topological polar surface area (TPSA) is 63.6 Å². The Hall–Kier alpha value is -6.11. The molecule has 0 saturated heterocycles. The predicted molar refractivity (Wildman–Crippen MR) is 204 cm³/mol. The van der Waals surface area contributed by atoms with Gasteiger partial charge in [0.25, 0.3) is 0 Å². The van der Waals surface area contributed by atoms with Gasteiger partial charge in [-0.25, -0.2) is 9.97 Å². The zero-order chi connectivity index (χ0) is 32.6. The first-order chi connectivity index (χ1) is 24.1. The highest BCUT2D eigenvalue weighted by Gasteiger charge is 2.21. The molecular formula is C43H28N4OS. The van der Waals surface area contributed by atoms with Crippen molar-refractivity contribution in [1.29, 1.82) is 0 Å². The third-order valence-electron chi connectivity index (χ3n) is 9.72. The third-order valence-corrected chi connectivity index (χ3v) is 10.7. The van der Waals surface area contributed by atoms with Crippen molar-refractivity contribution in [2.24, 2.45) is 0 Å². The maximum atomic E-state index is 12.7. The fourth-order valence-corrected chi connectivity index (χ4v) is 8.35. The van der Waals surface area contributed by atoms with Crippen LogP contribution in [0.3, 0.4) is 0 Å². The lowest BCUT2D eigenvalue weighted by atomic mass is 9.97. The van der Waals surface area contributed by atoms with Crippen LogP contribution in [0.4, 0.5) is 0 Å². The van der Waals surface area contributed by atoms with Gasteiger partial charge in [-0.2, -0.15) is 0 Å². The van der Waals surface area contributed by atoms with Gasteiger partial charge in [0.05, 0.1) is 33.0 Å². The van der Waals surface area contributed by atoms with E-state index in [0.29, 0.717) is 5.95 Å². The van der Waals surface area contributed by atoms with Crippen LogP contribution in [0, 0.1) is 0 Å². The average Bonchev–Trinajstić information content (AvgIpc) is 3.70. The van der Waals surface area contributed by atoms with E-state index in [0.717, 1.165) is 81.8 Å². The Morgan fingerprint density at radius 3 is 2.18 bits per heavy atom. The van der Waals surface area contributed by atoms with E-state index in [1.807, 2.05) is 36.4 Å². The molecule has 3 aromatic heterocycles. The molecule has 0 amide bonds. The molecule has 0 saturated carbocycles. The molecule has 1 N–H and O–H groups in total. The lowest BCUT2D eigenvalue weighted by Gasteiger charge is -2.12. The number of hydrogen-bond donors (Lipinski definition) is 1. The van der Waals surface area contributed by atoms with E-state index in [9.17, 15) is 4.21 Å². The van der Waals surface area contributed by atoms with Crippen molar-refractivity contribution in [3.8, 4) is 28.3 Å². The fraction of sp³-hybridized carbons (Fsp3) is 0.0233. The first-order valence-electron chi connectivity index (χ1n) is 16.3. The zero-order valence-corrected chi connectivity index (χ0v) is 27.3. The minimum absolute atomic E-state index is 0.640. The Labute approximate surface area is 283 Å². The van der Waals surface area contributed by atoms with Crippen LogP contribution < -0.4 is 0 Å². The lowest BCUT2D eigenvalue weighted by molar-refractivity contribution is 0.687. The molecular weight excluding hydrogens is 621 g/mol. The van der Waals surface area contributed by atoms with Crippen LogP contribution >= 0.6 is 0 Å². The molecule has 0 aliphatic rings. The van der Waals surface area contributed by atoms with Crippen LogP contribution in [-0.4, -0.2) is 30.0 Å². The molecule has 3 heterocycles. The fourth-order valence-electron chi connectivity index (χ4n) is 7.58. The second-order valence-electron chi connectivity index (χ2n) is 12.5. The summed E-state index contributed by atoms with van der Waals surface area (Å²) in [6.07, 6.45) is 1.74. The van der Waals surface area contributed by atoms with Gasteiger partial charge in [-0.3, -0.25) is 8.78 Å². The van der Waals surface area contributed by atoms with Gasteiger partial charge in [0, 0.05) is 60.1 Å². The molecule has 7 aromatic carbocycles. The van der Waals surface area contributed by atoms with Crippen LogP contribution in [0.2, 0.25) is 0 Å². The van der Waals surface area contributed by atoms with Gasteiger partial charge >= 0.3 is 0 Å². The van der Waals surface area contributed by atoms with Crippen LogP contribution in [0.25, 0.3) is 93.6 Å². The SMILES string of the molecule is CS(=O)c1ccccc1-c1ccc2[nH]c3ccc4ccc5c(c6ccccc6n5-c5nc(-c6ccccc6)c6ccccc6n5)c4c3c2c1. The van der Waals surface area contributed by atoms with E-state index >= 15 is 0 Å². The normalized spacial score (nSPS) is 12.6. The minimum atomic E-state index is -1.11. The van der Waals surface area contributed by atoms with Crippen molar-refractivity contribution in [3.63, 3.8) is 0 Å². The first-order valence-corrected chi connectivity index (χ1v) is 17.9. The molecule has 232 valence electrons. The van der Waals surface area contributed by atoms with E-state index in [2.05, 4.69) is 119 Å². The Morgan fingerprint density at radius 1 is 0.571 bits per heavy atom. The number of aromatic amines is 1. The van der Waals surface area contributed by atoms with Gasteiger partial charge in [0.1, 0.15) is 0 Å². The Kier molecular flexibility index (Phi) is 6.11. The number of nitrogens with one attached hydrogen (secondary N) is 1. The lowest BCUT2D eigenvalue weighted by Crippen LogP contribution is -2.03. The van der Waals surface area contributed by atoms with Crippen molar-refractivity contribution < 1.29 is 4.21 Å². The molecule has 1 atom stereocenters. The van der Waals surface area contributed by atoms with Crippen LogP contribution in [0.5, 0.6) is 0 Å². The maximum absolute atomic E-state index is 12.7. The highest BCUT2D eigenvalue weighted by atomic mass is 32.2. The number of rotatable bonds is 4. The van der Waals surface area contributed by atoms with E-state index in [-0.39, 0.29) is 0 Å². The second-order valence-corrected chi connectivity index (χ2v) is 13.8. The molecule has 0 aliphatic carbocycles. The molecule has 10 rings (SSSR count). The molecule has 0 radical (unpaired) electrons. The highest BCUT2D eigenvalue weighted by Crippen LogP contribution is 2.43. The van der Waals surface area contributed by atoms with Gasteiger partial charge in [-0.1, -0.05) is 103 Å². The van der Waals surface area contributed by atoms with Gasteiger partial charge in [0.2, 0.25) is 5.95 Å². The molecule has 0 bridgehead atoms. The van der Waals surface area contributed by atoms with Crippen molar-refractivity contribution >= 4 is 76.1 Å². The average molecular weight is 649 g/mol. The van der Waals surface area contributed by atoms with Crippen LogP contribution in [0.1, 0.15) is 0 Å². The summed E-state index contributed by atoms with van der Waals surface area (Å²) in [5.74, 6) is 0.640. The van der Waals surface area contributed by atoms with Gasteiger partial charge in [-0.15, -0.1) is 0 Å². The summed E-state index contributed by atoms with van der Waals surface area (Å²) in [5, 5.41) is 7.98. The Balaban J connectivity index is 1.32. The molecule has 49 heavy (non-hydrogen) atoms. The maximum Gasteiger partial charge on any atom is 0.235 e. The van der Waals surface area contributed by atoms with Gasteiger partial charge < -0.3 is 4.98 Å². The minimum Gasteiger partial charge on any atom is -0.354 e. The third kappa shape index (κ3) is 4.21. The smallest absolute Gasteiger partial charge is 0.235 e. The zero-order valence-electron chi connectivity index (χ0n) is 26.5. The van der Waals surface area contributed by atoms with E-state index in [1.54, 1.807) is 6.26 Å². The summed E-state index contributed by atoms with van der Waals surface area (Å²) < 4.78 is 14.9. The van der Waals surface area contributed by atoms with Gasteiger partial charge in [-0.05, 0) is 59.0 Å². The summed E-state index contributed by atoms with van der Waals surface area (Å²) >= 11 is 0. The first kappa shape index (κ1) is 28.0. The molecule has 1 unspecified atom stereocenters. The summed E-state index contributed by atoms with van der Waals surface area (Å²) in [6.45, 7) is 0. The van der Waals surface area contributed by atoms with Crippen molar-refractivity contribution in [1.82, 2.24) is 19.5 Å². The predicted octanol–water partition coefficient (Wildman–Crippen LogP) is 10.6. The number of aromatic nitrogens is 4. The van der Waals surface area contributed by atoms with Crippen molar-refractivity contribution in [2.75, 3.05) is 6.26 Å². The number of fused-ring (bicyclic) bond motifs is 10. The summed E-state index contributed by atoms with van der Waals surface area (Å²) in [4.78, 5) is 15.0. The molecule has 10 aromatic rings. The molecule has 5 nitrogen and oxygen atoms in total. The van der Waals surface area contributed by atoms with E-state index in [4.69, 9.17) is 9.97 Å². The summed E-state index contributed by atoms with van der Waals surface area (Å²) in [5.41, 5.74) is 9.14. The number of benzene rings is 7. The Bertz CT molecular complexity index is 2980. The van der Waals surface area contributed by atoms with Crippen LogP contribution in [-0.2, 0) is 10.8 Å². The molecule has 0 aliphatic heterocycles. The van der Waals surface area contributed by atoms with Crippen LogP contribution in [0.15, 0.2) is 150 Å². The molecule has 6 heteroatoms. The van der Waals surface area contributed by atoms with E-state index < -0.39 is 10.8 Å². The molecule has 0 spiro atoms. The second kappa shape index (κ2) is 10.7. The van der Waals surface area contributed by atoms with Gasteiger partial charge in [0.15, 0.2) is 0 Å². The number of nitrogens with zero attached hydrogens (tertiary/aromatic N) is 3. The standard InChI is InChI=1S/C43H28N4OS/c1-49(48)38-18-10-7-13-29(38)28-20-22-34-32(25-28)40-35(44-34)23-19-26-21-24-37-41(39(26)40)31-15-6-9-17-36(31)47(37)43-45-33-16-8-5-14-30(33)42(46-43)27-11-3-2-4-12-27/h2-25,44H,1H3. The highest BCUT2D eigenvalue weighted by molar-refractivity contribution is 7.84. The number of para-hydroxylation sites is 2. The largest absolute Gasteiger partial charge is 0.354 e. The number of hydrogen-bond acceptors (Lipinski definition) is 3. The summed E-state index contributed by atoms with van der Waals surface area (Å²) in [6, 6.07) is 50.4. The quantitative estimate of drug-likeness (QED) is 0.207. The van der Waals surface area contributed by atoms with Crippen molar-refractivity contribution in [3.05, 3.63) is 146 Å². The van der Waals surface area contributed by atoms with E-state index in [1.165, 1.54) is 10.8 Å². The number of H-pyrrole nitrogens is 1. The Morgan fingerprint density at radius 2 is 1.31 bits per heavy atom.